The van der Waals surface area contributed by atoms with Crippen molar-refractivity contribution in [3.8, 4) is 22.3 Å². The van der Waals surface area contributed by atoms with Gasteiger partial charge in [-0.1, -0.05) is 78.9 Å². The molecule has 0 spiro atoms. The van der Waals surface area contributed by atoms with Crippen LogP contribution in [-0.4, -0.2) is 33.4 Å². The van der Waals surface area contributed by atoms with Crippen LogP contribution >= 0.6 is 0 Å². The van der Waals surface area contributed by atoms with Crippen molar-refractivity contribution < 1.29 is 5.11 Å². The smallest absolute Gasteiger partial charge is 0.0662 e. The van der Waals surface area contributed by atoms with Crippen LogP contribution in [-0.2, 0) is 0 Å². The van der Waals surface area contributed by atoms with Crippen molar-refractivity contribution in [2.45, 2.75) is 5.92 Å². The number of aliphatic hydroxyl groups is 1. The van der Waals surface area contributed by atoms with Crippen LogP contribution in [0.15, 0.2) is 102 Å². The minimum atomic E-state index is 0.150. The Morgan fingerprint density at radius 2 is 1.19 bits per heavy atom. The van der Waals surface area contributed by atoms with Crippen LogP contribution in [0.1, 0.15) is 11.5 Å². The number of likely N-dealkylation sites (N-methyl/N-ethyl adjacent to an activating group) is 3. The number of hydrogen-bond acceptors (Lipinski definition) is 4. The summed E-state index contributed by atoms with van der Waals surface area (Å²) in [4.78, 5) is 0. The summed E-state index contributed by atoms with van der Waals surface area (Å²) in [6.07, 6.45) is 2.19. The van der Waals surface area contributed by atoms with E-state index in [4.69, 9.17) is 5.11 Å². The van der Waals surface area contributed by atoms with Crippen molar-refractivity contribution in [2.75, 3.05) is 28.3 Å². The lowest BCUT2D eigenvalue weighted by Gasteiger charge is -2.23. The standard InChI is InChI=1S/C26H27N3.CH4O/c1-27-23-17-24(28-2)26(29-3)25(23)22-12-8-7-11-21(22)20-15-13-19(14-16-20)18-9-5-4-6-10-18;1-2/h4-17,25,27-29H,1-3H3;2H,1H3. The molecule has 3 aromatic carbocycles. The summed E-state index contributed by atoms with van der Waals surface area (Å²) in [7, 11) is 6.94. The Bertz CT molecular complexity index is 1050. The summed E-state index contributed by atoms with van der Waals surface area (Å²) in [5, 5.41) is 17.1. The molecule has 0 saturated heterocycles. The summed E-state index contributed by atoms with van der Waals surface area (Å²) in [5.41, 5.74) is 9.73. The highest BCUT2D eigenvalue weighted by Gasteiger charge is 2.29. The first kappa shape index (κ1) is 22.2. The van der Waals surface area contributed by atoms with E-state index in [0.717, 1.165) is 12.8 Å². The van der Waals surface area contributed by atoms with Crippen LogP contribution in [0.2, 0.25) is 0 Å². The molecule has 1 aliphatic carbocycles. The fraction of sp³-hybridized carbons (Fsp3) is 0.185. The zero-order valence-corrected chi connectivity index (χ0v) is 18.6. The number of benzene rings is 3. The molecule has 4 nitrogen and oxygen atoms in total. The molecule has 1 unspecified atom stereocenters. The molecule has 0 aliphatic heterocycles. The molecule has 4 heteroatoms. The largest absolute Gasteiger partial charge is 0.400 e. The Balaban J connectivity index is 0.00000132. The van der Waals surface area contributed by atoms with Gasteiger partial charge in [-0.3, -0.25) is 0 Å². The second-order valence-electron chi connectivity index (χ2n) is 7.14. The van der Waals surface area contributed by atoms with E-state index in [-0.39, 0.29) is 5.92 Å². The molecule has 3 aromatic rings. The molecule has 0 amide bonds. The average molecular weight is 414 g/mol. The van der Waals surface area contributed by atoms with Crippen LogP contribution in [0.25, 0.3) is 22.3 Å². The van der Waals surface area contributed by atoms with E-state index >= 15 is 0 Å². The number of aliphatic hydroxyl groups excluding tert-OH is 1. The van der Waals surface area contributed by atoms with Crippen molar-refractivity contribution in [3.63, 3.8) is 0 Å². The fourth-order valence-electron chi connectivity index (χ4n) is 4.14. The van der Waals surface area contributed by atoms with E-state index in [1.165, 1.54) is 39.2 Å². The molecule has 160 valence electrons. The minimum Gasteiger partial charge on any atom is -0.400 e. The summed E-state index contributed by atoms with van der Waals surface area (Å²) in [5.74, 6) is 0.150. The molecule has 0 aromatic heterocycles. The van der Waals surface area contributed by atoms with Crippen LogP contribution in [0.4, 0.5) is 0 Å². The quantitative estimate of drug-likeness (QED) is 0.481. The van der Waals surface area contributed by atoms with Gasteiger partial charge in [0.15, 0.2) is 0 Å². The third kappa shape index (κ3) is 4.49. The molecule has 4 rings (SSSR count). The molecule has 0 radical (unpaired) electrons. The Morgan fingerprint density at radius 3 is 1.81 bits per heavy atom. The van der Waals surface area contributed by atoms with Crippen molar-refractivity contribution in [1.82, 2.24) is 16.0 Å². The van der Waals surface area contributed by atoms with Gasteiger partial charge in [0.2, 0.25) is 0 Å². The Morgan fingerprint density at radius 1 is 0.613 bits per heavy atom. The molecule has 0 heterocycles. The van der Waals surface area contributed by atoms with Crippen LogP contribution in [0.3, 0.4) is 0 Å². The van der Waals surface area contributed by atoms with Gasteiger partial charge in [-0.2, -0.15) is 0 Å². The lowest BCUT2D eigenvalue weighted by molar-refractivity contribution is 0.399. The van der Waals surface area contributed by atoms with E-state index < -0.39 is 0 Å². The number of rotatable bonds is 6. The fourth-order valence-corrected chi connectivity index (χ4v) is 4.14. The first-order valence-corrected chi connectivity index (χ1v) is 10.4. The van der Waals surface area contributed by atoms with Crippen molar-refractivity contribution in [1.29, 1.82) is 0 Å². The van der Waals surface area contributed by atoms with Gasteiger partial charge in [0.05, 0.1) is 11.6 Å². The first-order valence-electron chi connectivity index (χ1n) is 10.4. The van der Waals surface area contributed by atoms with Crippen molar-refractivity contribution >= 4 is 0 Å². The zero-order chi connectivity index (χ0) is 22.2. The molecular weight excluding hydrogens is 382 g/mol. The Kier molecular flexibility index (Phi) is 7.52. The summed E-state index contributed by atoms with van der Waals surface area (Å²) in [6, 6.07) is 28.0. The maximum absolute atomic E-state index is 7.00. The van der Waals surface area contributed by atoms with E-state index in [1.807, 2.05) is 21.1 Å². The van der Waals surface area contributed by atoms with E-state index in [0.29, 0.717) is 0 Å². The van der Waals surface area contributed by atoms with Gasteiger partial charge in [0.25, 0.3) is 0 Å². The maximum atomic E-state index is 7.00. The second-order valence-corrected chi connectivity index (χ2v) is 7.14. The molecule has 1 aliphatic rings. The van der Waals surface area contributed by atoms with Crippen molar-refractivity contribution in [2.24, 2.45) is 0 Å². The first-order chi connectivity index (χ1) is 15.3. The molecule has 4 N–H and O–H groups in total. The van der Waals surface area contributed by atoms with Gasteiger partial charge in [-0.15, -0.1) is 0 Å². The lowest BCUT2D eigenvalue weighted by atomic mass is 9.87. The second kappa shape index (κ2) is 10.5. The van der Waals surface area contributed by atoms with E-state index in [2.05, 4.69) is 101 Å². The predicted molar refractivity (Wildman–Crippen MR) is 130 cm³/mol. The van der Waals surface area contributed by atoms with E-state index in [9.17, 15) is 0 Å². The van der Waals surface area contributed by atoms with Crippen LogP contribution < -0.4 is 16.0 Å². The molecule has 0 saturated carbocycles. The number of allylic oxidation sites excluding steroid dienone is 1. The third-order valence-corrected chi connectivity index (χ3v) is 5.59. The lowest BCUT2D eigenvalue weighted by Crippen LogP contribution is -2.21. The number of hydrogen-bond donors (Lipinski definition) is 4. The van der Waals surface area contributed by atoms with Crippen molar-refractivity contribution in [3.05, 3.63) is 108 Å². The van der Waals surface area contributed by atoms with Gasteiger partial charge < -0.3 is 21.1 Å². The van der Waals surface area contributed by atoms with Gasteiger partial charge >= 0.3 is 0 Å². The highest BCUT2D eigenvalue weighted by Crippen LogP contribution is 2.40. The van der Waals surface area contributed by atoms with Crippen LogP contribution in [0, 0.1) is 0 Å². The molecule has 0 fully saturated rings. The number of nitrogens with one attached hydrogen (secondary N) is 3. The highest BCUT2D eigenvalue weighted by atomic mass is 16.2. The van der Waals surface area contributed by atoms with Gasteiger partial charge in [-0.25, -0.2) is 0 Å². The van der Waals surface area contributed by atoms with Gasteiger partial charge in [-0.05, 0) is 33.9 Å². The summed E-state index contributed by atoms with van der Waals surface area (Å²) < 4.78 is 0. The summed E-state index contributed by atoms with van der Waals surface area (Å²) >= 11 is 0. The Labute approximate surface area is 185 Å². The normalized spacial score (nSPS) is 15.0. The summed E-state index contributed by atoms with van der Waals surface area (Å²) in [6.45, 7) is 0. The topological polar surface area (TPSA) is 56.3 Å². The predicted octanol–water partition coefficient (Wildman–Crippen LogP) is 4.48. The van der Waals surface area contributed by atoms with Gasteiger partial charge in [0.1, 0.15) is 0 Å². The monoisotopic (exact) mass is 413 g/mol. The minimum absolute atomic E-state index is 0.150. The average Bonchev–Trinajstić information content (AvgIpc) is 3.23. The Hall–Kier alpha value is -3.50. The molecule has 1 atom stereocenters. The molecule has 0 bridgehead atoms. The zero-order valence-electron chi connectivity index (χ0n) is 18.6. The van der Waals surface area contributed by atoms with E-state index in [1.54, 1.807) is 0 Å². The SMILES string of the molecule is CNC1=CC(NC)=C(NC)C1c1ccccc1-c1ccc(-c2ccccc2)cc1.CO. The third-order valence-electron chi connectivity index (χ3n) is 5.59. The maximum Gasteiger partial charge on any atom is 0.0662 e. The van der Waals surface area contributed by atoms with Crippen LogP contribution in [0.5, 0.6) is 0 Å². The molecule has 31 heavy (non-hydrogen) atoms. The molecular formula is C27H31N3O. The van der Waals surface area contributed by atoms with Gasteiger partial charge in [0, 0.05) is 39.6 Å². The highest BCUT2D eigenvalue weighted by molar-refractivity contribution is 5.74.